The van der Waals surface area contributed by atoms with Gasteiger partial charge in [0.1, 0.15) is 6.61 Å². The monoisotopic (exact) mass is 239 g/mol. The third-order valence-corrected chi connectivity index (χ3v) is 4.01. The second kappa shape index (κ2) is 5.96. The fraction of sp³-hybridized carbons (Fsp3) is 0.929. The standard InChI is InChI=1S/C14H25NO2/c1-11(2)15-7-5-13(6-8-15)14(16)10-17-9-12-3-4-12/h11-13H,3-10H2,1-2H3. The Hall–Kier alpha value is -0.410. The van der Waals surface area contributed by atoms with Crippen LogP contribution in [0.4, 0.5) is 0 Å². The van der Waals surface area contributed by atoms with Gasteiger partial charge < -0.3 is 9.64 Å². The second-order valence-electron chi connectivity index (χ2n) is 5.83. The van der Waals surface area contributed by atoms with E-state index in [2.05, 4.69) is 18.7 Å². The van der Waals surface area contributed by atoms with E-state index >= 15 is 0 Å². The maximum absolute atomic E-state index is 11.9. The van der Waals surface area contributed by atoms with Gasteiger partial charge in [0.25, 0.3) is 0 Å². The molecule has 3 nitrogen and oxygen atoms in total. The van der Waals surface area contributed by atoms with Gasteiger partial charge in [-0.1, -0.05) is 0 Å². The molecule has 17 heavy (non-hydrogen) atoms. The Morgan fingerprint density at radius 3 is 2.41 bits per heavy atom. The molecule has 1 aliphatic heterocycles. The van der Waals surface area contributed by atoms with Crippen molar-refractivity contribution in [3.8, 4) is 0 Å². The molecule has 0 amide bonds. The highest BCUT2D eigenvalue weighted by atomic mass is 16.5. The Kier molecular flexibility index (Phi) is 4.57. The predicted octanol–water partition coefficient (Wildman–Crippen LogP) is 2.10. The van der Waals surface area contributed by atoms with Crippen LogP contribution in [0, 0.1) is 11.8 Å². The Balaban J connectivity index is 1.62. The summed E-state index contributed by atoms with van der Waals surface area (Å²) in [6, 6.07) is 0.608. The van der Waals surface area contributed by atoms with Crippen LogP contribution in [0.3, 0.4) is 0 Å². The summed E-state index contributed by atoms with van der Waals surface area (Å²) < 4.78 is 5.48. The number of piperidine rings is 1. The van der Waals surface area contributed by atoms with Crippen molar-refractivity contribution in [3.05, 3.63) is 0 Å². The number of hydrogen-bond acceptors (Lipinski definition) is 3. The molecule has 1 saturated heterocycles. The maximum Gasteiger partial charge on any atom is 0.161 e. The van der Waals surface area contributed by atoms with Gasteiger partial charge in [0.2, 0.25) is 0 Å². The van der Waals surface area contributed by atoms with Crippen LogP contribution in [0.1, 0.15) is 39.5 Å². The molecular formula is C14H25NO2. The Morgan fingerprint density at radius 2 is 1.88 bits per heavy atom. The highest BCUT2D eigenvalue weighted by molar-refractivity contribution is 5.82. The zero-order valence-electron chi connectivity index (χ0n) is 11.2. The van der Waals surface area contributed by atoms with E-state index in [1.54, 1.807) is 0 Å². The zero-order valence-corrected chi connectivity index (χ0v) is 11.2. The molecule has 0 spiro atoms. The summed E-state index contributed by atoms with van der Waals surface area (Å²) in [5.41, 5.74) is 0. The van der Waals surface area contributed by atoms with E-state index in [1.165, 1.54) is 12.8 Å². The average molecular weight is 239 g/mol. The normalized spacial score (nSPS) is 23.2. The van der Waals surface area contributed by atoms with Crippen molar-refractivity contribution in [1.29, 1.82) is 0 Å². The van der Waals surface area contributed by atoms with Gasteiger partial charge >= 0.3 is 0 Å². The molecule has 0 unspecified atom stereocenters. The molecule has 2 rings (SSSR count). The van der Waals surface area contributed by atoms with Crippen molar-refractivity contribution >= 4 is 5.78 Å². The van der Waals surface area contributed by atoms with Gasteiger partial charge in [-0.2, -0.15) is 0 Å². The summed E-state index contributed by atoms with van der Waals surface area (Å²) >= 11 is 0. The summed E-state index contributed by atoms with van der Waals surface area (Å²) in [6.07, 6.45) is 4.62. The van der Waals surface area contributed by atoms with E-state index in [0.717, 1.165) is 38.5 Å². The molecule has 0 N–H and O–H groups in total. The van der Waals surface area contributed by atoms with E-state index < -0.39 is 0 Å². The number of Topliss-reactive ketones (excluding diaryl/α,β-unsaturated/α-hetero) is 1. The third kappa shape index (κ3) is 4.07. The van der Waals surface area contributed by atoms with Gasteiger partial charge in [-0.25, -0.2) is 0 Å². The zero-order chi connectivity index (χ0) is 12.3. The number of nitrogens with zero attached hydrogens (tertiary/aromatic N) is 1. The fourth-order valence-corrected chi connectivity index (χ4v) is 2.47. The van der Waals surface area contributed by atoms with Crippen LogP contribution in [0.2, 0.25) is 0 Å². The second-order valence-corrected chi connectivity index (χ2v) is 5.83. The number of rotatable bonds is 6. The molecule has 0 atom stereocenters. The smallest absolute Gasteiger partial charge is 0.161 e. The first-order valence-electron chi connectivity index (χ1n) is 7.01. The fourth-order valence-electron chi connectivity index (χ4n) is 2.47. The highest BCUT2D eigenvalue weighted by Crippen LogP contribution is 2.29. The van der Waals surface area contributed by atoms with E-state index in [9.17, 15) is 4.79 Å². The molecule has 1 aliphatic carbocycles. The van der Waals surface area contributed by atoms with Gasteiger partial charge in [-0.05, 0) is 58.5 Å². The third-order valence-electron chi connectivity index (χ3n) is 4.01. The van der Waals surface area contributed by atoms with Crippen LogP contribution in [-0.4, -0.2) is 43.0 Å². The Labute approximate surface area is 105 Å². The Morgan fingerprint density at radius 1 is 1.24 bits per heavy atom. The highest BCUT2D eigenvalue weighted by Gasteiger charge is 2.27. The van der Waals surface area contributed by atoms with Gasteiger partial charge in [-0.15, -0.1) is 0 Å². The minimum absolute atomic E-state index is 0.254. The number of likely N-dealkylation sites (tertiary alicyclic amines) is 1. The van der Waals surface area contributed by atoms with Crippen LogP contribution in [0.25, 0.3) is 0 Å². The molecule has 0 radical (unpaired) electrons. The van der Waals surface area contributed by atoms with Crippen LogP contribution in [0.5, 0.6) is 0 Å². The Bertz CT molecular complexity index is 253. The van der Waals surface area contributed by atoms with Crippen molar-refractivity contribution < 1.29 is 9.53 Å². The molecule has 3 heteroatoms. The van der Waals surface area contributed by atoms with Gasteiger partial charge in [0, 0.05) is 18.6 Å². The van der Waals surface area contributed by atoms with Gasteiger partial charge in [0.05, 0.1) is 0 Å². The molecule has 1 heterocycles. The summed E-state index contributed by atoms with van der Waals surface area (Å²) in [7, 11) is 0. The van der Waals surface area contributed by atoms with Crippen LogP contribution in [0.15, 0.2) is 0 Å². The van der Waals surface area contributed by atoms with Crippen LogP contribution in [-0.2, 0) is 9.53 Å². The lowest BCUT2D eigenvalue weighted by Gasteiger charge is -2.33. The van der Waals surface area contributed by atoms with Gasteiger partial charge in [0.15, 0.2) is 5.78 Å². The lowest BCUT2D eigenvalue weighted by Crippen LogP contribution is -2.40. The summed E-state index contributed by atoms with van der Waals surface area (Å²) in [5, 5.41) is 0. The number of ketones is 1. The number of hydrogen-bond donors (Lipinski definition) is 0. The van der Waals surface area contributed by atoms with Crippen molar-refractivity contribution in [2.75, 3.05) is 26.3 Å². The minimum atomic E-state index is 0.254. The predicted molar refractivity (Wildman–Crippen MR) is 68.0 cm³/mol. The summed E-state index contributed by atoms with van der Waals surface area (Å²) in [4.78, 5) is 14.4. The lowest BCUT2D eigenvalue weighted by molar-refractivity contribution is -0.129. The largest absolute Gasteiger partial charge is 0.373 e. The van der Waals surface area contributed by atoms with Crippen LogP contribution >= 0.6 is 0 Å². The molecule has 98 valence electrons. The van der Waals surface area contributed by atoms with Crippen LogP contribution < -0.4 is 0 Å². The van der Waals surface area contributed by atoms with E-state index in [-0.39, 0.29) is 5.92 Å². The molecule has 0 aromatic heterocycles. The first-order valence-corrected chi connectivity index (χ1v) is 7.01. The quantitative estimate of drug-likeness (QED) is 0.711. The van der Waals surface area contributed by atoms with Crippen molar-refractivity contribution in [3.63, 3.8) is 0 Å². The van der Waals surface area contributed by atoms with Gasteiger partial charge in [-0.3, -0.25) is 4.79 Å². The number of carbonyl (C=O) groups is 1. The van der Waals surface area contributed by atoms with E-state index in [4.69, 9.17) is 4.74 Å². The molecule has 1 saturated carbocycles. The summed E-state index contributed by atoms with van der Waals surface area (Å²) in [6.45, 7) is 7.73. The SMILES string of the molecule is CC(C)N1CCC(C(=O)COCC2CC2)CC1. The molecule has 2 aliphatic rings. The van der Waals surface area contributed by atoms with E-state index in [1.807, 2.05) is 0 Å². The molecular weight excluding hydrogens is 214 g/mol. The first kappa shape index (κ1) is 13.0. The maximum atomic E-state index is 11.9. The summed E-state index contributed by atoms with van der Waals surface area (Å²) in [5.74, 6) is 1.34. The topological polar surface area (TPSA) is 29.5 Å². The van der Waals surface area contributed by atoms with Crippen molar-refractivity contribution in [1.82, 2.24) is 4.90 Å². The molecule has 0 bridgehead atoms. The first-order chi connectivity index (χ1) is 8.16. The number of ether oxygens (including phenoxy) is 1. The van der Waals surface area contributed by atoms with E-state index in [0.29, 0.717) is 18.4 Å². The molecule has 0 aromatic carbocycles. The minimum Gasteiger partial charge on any atom is -0.373 e. The van der Waals surface area contributed by atoms with Crippen molar-refractivity contribution in [2.24, 2.45) is 11.8 Å². The molecule has 2 fully saturated rings. The lowest BCUT2D eigenvalue weighted by atomic mass is 9.92. The average Bonchev–Trinajstić information content (AvgIpc) is 3.13. The van der Waals surface area contributed by atoms with Crippen molar-refractivity contribution in [2.45, 2.75) is 45.6 Å². The number of carbonyl (C=O) groups excluding carboxylic acids is 1. The molecule has 0 aromatic rings.